The van der Waals surface area contributed by atoms with Crippen LogP contribution >= 0.6 is 0 Å². The van der Waals surface area contributed by atoms with Gasteiger partial charge < -0.3 is 10.1 Å². The van der Waals surface area contributed by atoms with E-state index in [1.165, 1.54) is 0 Å². The molecule has 0 atom stereocenters. The van der Waals surface area contributed by atoms with Crippen molar-refractivity contribution in [3.05, 3.63) is 12.3 Å². The Hall–Kier alpha value is -1.36. The van der Waals surface area contributed by atoms with E-state index in [0.29, 0.717) is 5.82 Å². The SMILES string of the molecule is CC(C)OCC(=O)Nc1ccn[nH]1. The minimum Gasteiger partial charge on any atom is -0.369 e. The molecule has 0 unspecified atom stereocenters. The lowest BCUT2D eigenvalue weighted by Gasteiger charge is -2.06. The van der Waals surface area contributed by atoms with Gasteiger partial charge in [0.05, 0.1) is 12.3 Å². The Bertz CT molecular complexity index is 256. The maximum Gasteiger partial charge on any atom is 0.251 e. The van der Waals surface area contributed by atoms with Gasteiger partial charge in [-0.1, -0.05) is 0 Å². The zero-order chi connectivity index (χ0) is 9.68. The summed E-state index contributed by atoms with van der Waals surface area (Å²) in [7, 11) is 0. The lowest BCUT2D eigenvalue weighted by molar-refractivity contribution is -0.121. The second-order valence-corrected chi connectivity index (χ2v) is 2.88. The first-order chi connectivity index (χ1) is 6.18. The van der Waals surface area contributed by atoms with Gasteiger partial charge >= 0.3 is 0 Å². The van der Waals surface area contributed by atoms with Crippen molar-refractivity contribution in [2.75, 3.05) is 11.9 Å². The number of nitrogens with one attached hydrogen (secondary N) is 2. The highest BCUT2D eigenvalue weighted by Gasteiger charge is 2.03. The fourth-order valence-corrected chi connectivity index (χ4v) is 0.754. The zero-order valence-corrected chi connectivity index (χ0v) is 7.70. The summed E-state index contributed by atoms with van der Waals surface area (Å²) in [5.41, 5.74) is 0. The normalized spacial score (nSPS) is 10.4. The molecule has 1 heterocycles. The lowest BCUT2D eigenvalue weighted by Crippen LogP contribution is -2.20. The summed E-state index contributed by atoms with van der Waals surface area (Å²) in [6, 6.07) is 1.67. The maximum absolute atomic E-state index is 11.1. The Morgan fingerprint density at radius 3 is 3.08 bits per heavy atom. The highest BCUT2D eigenvalue weighted by molar-refractivity contribution is 5.90. The van der Waals surface area contributed by atoms with Crippen LogP contribution in [0.1, 0.15) is 13.8 Å². The van der Waals surface area contributed by atoms with Crippen LogP contribution in [0.3, 0.4) is 0 Å². The van der Waals surface area contributed by atoms with Gasteiger partial charge in [-0.2, -0.15) is 5.10 Å². The Labute approximate surface area is 76.5 Å². The fourth-order valence-electron chi connectivity index (χ4n) is 0.754. The van der Waals surface area contributed by atoms with E-state index in [1.807, 2.05) is 13.8 Å². The topological polar surface area (TPSA) is 67.0 Å². The smallest absolute Gasteiger partial charge is 0.251 e. The third-order valence-corrected chi connectivity index (χ3v) is 1.32. The molecule has 13 heavy (non-hydrogen) atoms. The van der Waals surface area contributed by atoms with Gasteiger partial charge in [-0.15, -0.1) is 0 Å². The van der Waals surface area contributed by atoms with E-state index in [1.54, 1.807) is 12.3 Å². The van der Waals surface area contributed by atoms with Gasteiger partial charge in [0.25, 0.3) is 5.91 Å². The van der Waals surface area contributed by atoms with Gasteiger partial charge in [0.1, 0.15) is 12.4 Å². The molecule has 0 aliphatic rings. The average Bonchev–Trinajstić information content (AvgIpc) is 2.53. The van der Waals surface area contributed by atoms with Crippen LogP contribution in [0.25, 0.3) is 0 Å². The number of rotatable bonds is 4. The van der Waals surface area contributed by atoms with Crippen LogP contribution in [-0.4, -0.2) is 28.8 Å². The van der Waals surface area contributed by atoms with E-state index in [2.05, 4.69) is 15.5 Å². The quantitative estimate of drug-likeness (QED) is 0.724. The number of aromatic nitrogens is 2. The summed E-state index contributed by atoms with van der Waals surface area (Å²) in [4.78, 5) is 11.1. The molecule has 0 saturated carbocycles. The van der Waals surface area contributed by atoms with Crippen LogP contribution < -0.4 is 5.32 Å². The van der Waals surface area contributed by atoms with Crippen molar-refractivity contribution in [3.63, 3.8) is 0 Å². The minimum absolute atomic E-state index is 0.0625. The predicted octanol–water partition coefficient (Wildman–Crippen LogP) is 0.773. The third-order valence-electron chi connectivity index (χ3n) is 1.32. The van der Waals surface area contributed by atoms with E-state index in [0.717, 1.165) is 0 Å². The molecule has 1 rings (SSSR count). The molecule has 0 saturated heterocycles. The van der Waals surface area contributed by atoms with Crippen molar-refractivity contribution in [1.82, 2.24) is 10.2 Å². The Kier molecular flexibility index (Phi) is 3.45. The summed E-state index contributed by atoms with van der Waals surface area (Å²) in [5.74, 6) is 0.398. The first kappa shape index (κ1) is 9.73. The fraction of sp³-hybridized carbons (Fsp3) is 0.500. The van der Waals surface area contributed by atoms with Crippen LogP contribution in [0.15, 0.2) is 12.3 Å². The van der Waals surface area contributed by atoms with E-state index < -0.39 is 0 Å². The molecule has 0 aromatic carbocycles. The van der Waals surface area contributed by atoms with E-state index in [4.69, 9.17) is 4.74 Å². The highest BCUT2D eigenvalue weighted by atomic mass is 16.5. The number of H-pyrrole nitrogens is 1. The number of anilines is 1. The van der Waals surface area contributed by atoms with Gasteiger partial charge in [0.2, 0.25) is 0 Å². The predicted molar refractivity (Wildman–Crippen MR) is 48.3 cm³/mol. The molecule has 1 aromatic rings. The number of hydrogen-bond acceptors (Lipinski definition) is 3. The van der Waals surface area contributed by atoms with Crippen molar-refractivity contribution in [3.8, 4) is 0 Å². The molecule has 0 spiro atoms. The number of carbonyl (C=O) groups excluding carboxylic acids is 1. The van der Waals surface area contributed by atoms with Crippen molar-refractivity contribution in [2.45, 2.75) is 20.0 Å². The molecule has 5 heteroatoms. The molecule has 0 bridgehead atoms. The molecule has 0 aliphatic carbocycles. The van der Waals surface area contributed by atoms with Crippen LogP contribution in [0.5, 0.6) is 0 Å². The average molecular weight is 183 g/mol. The van der Waals surface area contributed by atoms with Crippen LogP contribution in [0, 0.1) is 0 Å². The van der Waals surface area contributed by atoms with E-state index >= 15 is 0 Å². The molecule has 0 aliphatic heterocycles. The summed E-state index contributed by atoms with van der Waals surface area (Å²) in [6.45, 7) is 3.82. The monoisotopic (exact) mass is 183 g/mol. The number of amides is 1. The van der Waals surface area contributed by atoms with E-state index in [-0.39, 0.29) is 18.6 Å². The molecule has 1 aromatic heterocycles. The maximum atomic E-state index is 11.1. The van der Waals surface area contributed by atoms with Crippen molar-refractivity contribution >= 4 is 11.7 Å². The second kappa shape index (κ2) is 4.61. The Balaban J connectivity index is 2.26. The Morgan fingerprint density at radius 2 is 2.54 bits per heavy atom. The van der Waals surface area contributed by atoms with Gasteiger partial charge in [-0.3, -0.25) is 9.89 Å². The zero-order valence-electron chi connectivity index (χ0n) is 7.70. The van der Waals surface area contributed by atoms with Gasteiger partial charge in [-0.05, 0) is 13.8 Å². The number of carbonyl (C=O) groups is 1. The molecule has 0 fully saturated rings. The standard InChI is InChI=1S/C8H13N3O2/c1-6(2)13-5-8(12)10-7-3-4-9-11-7/h3-4,6H,5H2,1-2H3,(H2,9,10,11,12). The summed E-state index contributed by atoms with van der Waals surface area (Å²) >= 11 is 0. The van der Waals surface area contributed by atoms with Crippen molar-refractivity contribution in [1.29, 1.82) is 0 Å². The van der Waals surface area contributed by atoms with Crippen molar-refractivity contribution < 1.29 is 9.53 Å². The van der Waals surface area contributed by atoms with E-state index in [9.17, 15) is 4.79 Å². The number of nitrogens with zero attached hydrogens (tertiary/aromatic N) is 1. The first-order valence-corrected chi connectivity index (χ1v) is 4.09. The van der Waals surface area contributed by atoms with Crippen LogP contribution in [0.2, 0.25) is 0 Å². The highest BCUT2D eigenvalue weighted by Crippen LogP contribution is 1.98. The van der Waals surface area contributed by atoms with Gasteiger partial charge in [-0.25, -0.2) is 0 Å². The lowest BCUT2D eigenvalue weighted by atomic mass is 10.5. The number of ether oxygens (including phenoxy) is 1. The van der Waals surface area contributed by atoms with Crippen LogP contribution in [-0.2, 0) is 9.53 Å². The molecule has 5 nitrogen and oxygen atoms in total. The molecule has 2 N–H and O–H groups in total. The number of hydrogen-bond donors (Lipinski definition) is 2. The number of aromatic amines is 1. The first-order valence-electron chi connectivity index (χ1n) is 4.09. The molecular weight excluding hydrogens is 170 g/mol. The second-order valence-electron chi connectivity index (χ2n) is 2.88. The largest absolute Gasteiger partial charge is 0.369 e. The van der Waals surface area contributed by atoms with Gasteiger partial charge in [0.15, 0.2) is 0 Å². The molecule has 0 radical (unpaired) electrons. The minimum atomic E-state index is -0.182. The van der Waals surface area contributed by atoms with Crippen molar-refractivity contribution in [2.24, 2.45) is 0 Å². The molecular formula is C8H13N3O2. The Morgan fingerprint density at radius 1 is 1.77 bits per heavy atom. The summed E-state index contributed by atoms with van der Waals surface area (Å²) in [6.07, 6.45) is 1.63. The van der Waals surface area contributed by atoms with Crippen LogP contribution in [0.4, 0.5) is 5.82 Å². The van der Waals surface area contributed by atoms with Gasteiger partial charge in [0, 0.05) is 6.07 Å². The third kappa shape index (κ3) is 3.71. The molecule has 1 amide bonds. The molecule has 72 valence electrons. The summed E-state index contributed by atoms with van der Waals surface area (Å²) in [5, 5.41) is 8.90. The summed E-state index contributed by atoms with van der Waals surface area (Å²) < 4.78 is 5.11.